The van der Waals surface area contributed by atoms with Crippen molar-refractivity contribution in [2.24, 2.45) is 0 Å². The minimum absolute atomic E-state index is 0.432. The molecular weight excluding hydrogens is 411 g/mol. The highest BCUT2D eigenvalue weighted by molar-refractivity contribution is 7.11. The molecule has 3 nitrogen and oxygen atoms in total. The fourth-order valence-electron chi connectivity index (χ4n) is 2.69. The van der Waals surface area contributed by atoms with Crippen molar-refractivity contribution < 1.29 is 4.42 Å². The molecule has 0 aliphatic heterocycles. The zero-order valence-electron chi connectivity index (χ0n) is 14.4. The monoisotopic (exact) mass is 422 g/mol. The average Bonchev–Trinajstić information content (AvgIpc) is 3.39. The lowest BCUT2D eigenvalue weighted by molar-refractivity contribution is 0.572. The average molecular weight is 423 g/mol. The first-order valence-electron chi connectivity index (χ1n) is 8.33. The van der Waals surface area contributed by atoms with Crippen molar-refractivity contribution in [3.63, 3.8) is 0 Å². The van der Waals surface area contributed by atoms with Crippen molar-refractivity contribution in [1.82, 2.24) is 4.98 Å². The van der Waals surface area contributed by atoms with Gasteiger partial charge in [0, 0.05) is 22.6 Å². The van der Waals surface area contributed by atoms with Gasteiger partial charge in [0.25, 0.3) is 0 Å². The molecular formula is C22H12Cl2N2OS. The number of hydrogen-bond donors (Lipinski definition) is 0. The summed E-state index contributed by atoms with van der Waals surface area (Å²) in [4.78, 5) is 4.59. The van der Waals surface area contributed by atoms with Crippen molar-refractivity contribution >= 4 is 46.2 Å². The third kappa shape index (κ3) is 3.74. The molecule has 0 saturated carbocycles. The second-order valence-corrected chi connectivity index (χ2v) is 7.52. The van der Waals surface area contributed by atoms with Crippen LogP contribution >= 0.6 is 34.5 Å². The second-order valence-electron chi connectivity index (χ2n) is 5.88. The number of furan rings is 1. The van der Waals surface area contributed by atoms with Crippen LogP contribution in [0.5, 0.6) is 0 Å². The maximum absolute atomic E-state index is 9.59. The summed E-state index contributed by atoms with van der Waals surface area (Å²) < 4.78 is 5.86. The lowest BCUT2D eigenvalue weighted by atomic mass is 10.2. The van der Waals surface area contributed by atoms with E-state index in [1.54, 1.807) is 24.3 Å². The summed E-state index contributed by atoms with van der Waals surface area (Å²) in [6, 6.07) is 21.0. The molecule has 4 aromatic rings. The predicted octanol–water partition coefficient (Wildman–Crippen LogP) is 7.44. The van der Waals surface area contributed by atoms with E-state index in [1.165, 1.54) is 11.3 Å². The van der Waals surface area contributed by atoms with Crippen LogP contribution in [0.4, 0.5) is 0 Å². The normalized spacial score (nSPS) is 11.4. The van der Waals surface area contributed by atoms with E-state index < -0.39 is 0 Å². The topological polar surface area (TPSA) is 49.8 Å². The lowest BCUT2D eigenvalue weighted by Gasteiger charge is -2.02. The van der Waals surface area contributed by atoms with E-state index in [-0.39, 0.29) is 0 Å². The fraction of sp³-hybridized carbons (Fsp3) is 0. The van der Waals surface area contributed by atoms with Crippen LogP contribution in [0.25, 0.3) is 34.2 Å². The first-order chi connectivity index (χ1) is 13.7. The maximum atomic E-state index is 9.59. The molecule has 2 aromatic carbocycles. The summed E-state index contributed by atoms with van der Waals surface area (Å²) >= 11 is 13.8. The SMILES string of the molecule is N#C/C(=C\c1ccc(-c2cccc(Cl)c2Cl)o1)c1nc(-c2ccccc2)cs1. The van der Waals surface area contributed by atoms with Crippen LogP contribution in [0, 0.1) is 11.3 Å². The van der Waals surface area contributed by atoms with Gasteiger partial charge in [0.1, 0.15) is 22.6 Å². The third-order valence-electron chi connectivity index (χ3n) is 4.06. The number of benzene rings is 2. The van der Waals surface area contributed by atoms with Gasteiger partial charge in [0.2, 0.25) is 0 Å². The molecule has 0 atom stereocenters. The lowest BCUT2D eigenvalue weighted by Crippen LogP contribution is -1.82. The van der Waals surface area contributed by atoms with Crippen LogP contribution in [-0.4, -0.2) is 4.98 Å². The Balaban J connectivity index is 1.65. The quantitative estimate of drug-likeness (QED) is 0.321. The molecule has 0 fully saturated rings. The summed E-state index contributed by atoms with van der Waals surface area (Å²) in [5.74, 6) is 1.12. The van der Waals surface area contributed by atoms with Crippen LogP contribution < -0.4 is 0 Å². The Kier molecular flexibility index (Phi) is 5.31. The molecule has 0 aliphatic carbocycles. The number of nitrogens with zero attached hydrogens (tertiary/aromatic N) is 2. The van der Waals surface area contributed by atoms with Gasteiger partial charge in [-0.25, -0.2) is 4.98 Å². The summed E-state index contributed by atoms with van der Waals surface area (Å²) in [5, 5.41) is 13.1. The molecule has 0 unspecified atom stereocenters. The van der Waals surface area contributed by atoms with E-state index in [0.717, 1.165) is 11.3 Å². The highest BCUT2D eigenvalue weighted by Gasteiger charge is 2.13. The Bertz CT molecular complexity index is 1200. The number of halogens is 2. The van der Waals surface area contributed by atoms with Crippen molar-refractivity contribution in [2.45, 2.75) is 0 Å². The van der Waals surface area contributed by atoms with Crippen LogP contribution in [0.2, 0.25) is 10.0 Å². The summed E-state index contributed by atoms with van der Waals surface area (Å²) in [7, 11) is 0. The van der Waals surface area contributed by atoms with Gasteiger partial charge in [-0.3, -0.25) is 0 Å². The van der Waals surface area contributed by atoms with Gasteiger partial charge in [0.15, 0.2) is 0 Å². The number of allylic oxidation sites excluding steroid dienone is 1. The van der Waals surface area contributed by atoms with Crippen LogP contribution in [0.15, 0.2) is 70.5 Å². The highest BCUT2D eigenvalue weighted by Crippen LogP contribution is 2.35. The van der Waals surface area contributed by atoms with Gasteiger partial charge < -0.3 is 4.42 Å². The Hall–Kier alpha value is -2.84. The molecule has 0 aliphatic rings. The molecule has 6 heteroatoms. The summed E-state index contributed by atoms with van der Waals surface area (Å²) in [5.41, 5.74) is 2.99. The van der Waals surface area contributed by atoms with E-state index in [2.05, 4.69) is 11.1 Å². The van der Waals surface area contributed by atoms with Crippen molar-refractivity contribution in [3.8, 4) is 28.7 Å². The molecule has 28 heavy (non-hydrogen) atoms. The summed E-state index contributed by atoms with van der Waals surface area (Å²) in [6.07, 6.45) is 1.68. The molecule has 0 radical (unpaired) electrons. The van der Waals surface area contributed by atoms with Crippen molar-refractivity contribution in [3.05, 3.63) is 86.9 Å². The fourth-order valence-corrected chi connectivity index (χ4v) is 3.88. The Labute approximate surface area is 176 Å². The van der Waals surface area contributed by atoms with Gasteiger partial charge in [0.05, 0.1) is 21.3 Å². The van der Waals surface area contributed by atoms with Gasteiger partial charge >= 0.3 is 0 Å². The van der Waals surface area contributed by atoms with E-state index in [4.69, 9.17) is 27.6 Å². The molecule has 2 heterocycles. The van der Waals surface area contributed by atoms with E-state index in [0.29, 0.717) is 37.7 Å². The zero-order valence-corrected chi connectivity index (χ0v) is 16.7. The Morgan fingerprint density at radius 2 is 1.86 bits per heavy atom. The van der Waals surface area contributed by atoms with Crippen molar-refractivity contribution in [1.29, 1.82) is 5.26 Å². The van der Waals surface area contributed by atoms with Crippen LogP contribution in [0.3, 0.4) is 0 Å². The Morgan fingerprint density at radius 3 is 2.64 bits per heavy atom. The van der Waals surface area contributed by atoms with Gasteiger partial charge in [-0.15, -0.1) is 11.3 Å². The molecule has 0 bridgehead atoms. The molecule has 0 N–H and O–H groups in total. The molecule has 136 valence electrons. The largest absolute Gasteiger partial charge is 0.457 e. The van der Waals surface area contributed by atoms with Crippen molar-refractivity contribution in [2.75, 3.05) is 0 Å². The second kappa shape index (κ2) is 8.04. The standard InChI is InChI=1S/C22H12Cl2N2OS/c23-18-8-4-7-17(21(18)24)20-10-9-16(27-20)11-15(12-25)22-26-19(13-28-22)14-5-2-1-3-6-14/h1-11,13H/b15-11+. The smallest absolute Gasteiger partial charge is 0.136 e. The predicted molar refractivity (Wildman–Crippen MR) is 115 cm³/mol. The van der Waals surface area contributed by atoms with Crippen LogP contribution in [0.1, 0.15) is 10.8 Å². The number of nitriles is 1. The van der Waals surface area contributed by atoms with Gasteiger partial charge in [-0.2, -0.15) is 5.26 Å². The third-order valence-corrected chi connectivity index (χ3v) is 5.75. The number of hydrogen-bond acceptors (Lipinski definition) is 4. The number of aromatic nitrogens is 1. The first kappa shape index (κ1) is 18.5. The zero-order chi connectivity index (χ0) is 19.5. The van der Waals surface area contributed by atoms with Crippen LogP contribution in [-0.2, 0) is 0 Å². The number of thiazole rings is 1. The maximum Gasteiger partial charge on any atom is 0.136 e. The summed E-state index contributed by atoms with van der Waals surface area (Å²) in [6.45, 7) is 0. The highest BCUT2D eigenvalue weighted by atomic mass is 35.5. The van der Waals surface area contributed by atoms with E-state index in [9.17, 15) is 5.26 Å². The molecule has 2 aromatic heterocycles. The van der Waals surface area contributed by atoms with E-state index >= 15 is 0 Å². The Morgan fingerprint density at radius 1 is 1.04 bits per heavy atom. The molecule has 0 spiro atoms. The molecule has 0 amide bonds. The van der Waals surface area contributed by atoms with E-state index in [1.807, 2.05) is 47.8 Å². The minimum atomic E-state index is 0.432. The first-order valence-corrected chi connectivity index (χ1v) is 9.96. The minimum Gasteiger partial charge on any atom is -0.457 e. The number of rotatable bonds is 4. The van der Waals surface area contributed by atoms with Gasteiger partial charge in [-0.05, 0) is 24.3 Å². The van der Waals surface area contributed by atoms with Gasteiger partial charge in [-0.1, -0.05) is 59.6 Å². The molecule has 4 rings (SSSR count). The molecule has 0 saturated heterocycles.